The molecular weight excluding hydrogens is 304 g/mol. The number of nitrogens with two attached hydrogens (primary N) is 1. The van der Waals surface area contributed by atoms with Crippen LogP contribution in [-0.4, -0.2) is 37.2 Å². The van der Waals surface area contributed by atoms with Crippen molar-refractivity contribution in [3.63, 3.8) is 0 Å². The molecule has 0 bridgehead atoms. The molecule has 1 aromatic rings. The van der Waals surface area contributed by atoms with Gasteiger partial charge in [-0.1, -0.05) is 28.4 Å². The molecule has 2 N–H and O–H groups in total. The van der Waals surface area contributed by atoms with Crippen LogP contribution in [0.3, 0.4) is 0 Å². The molecule has 0 radical (unpaired) electrons. The van der Waals surface area contributed by atoms with Gasteiger partial charge in [0, 0.05) is 17.1 Å². The second kappa shape index (κ2) is 7.88. The van der Waals surface area contributed by atoms with Gasteiger partial charge in [-0.15, -0.1) is 0 Å². The third-order valence-corrected chi connectivity index (χ3v) is 4.19. The molecule has 0 aromatic heterocycles. The Kier molecular flexibility index (Phi) is 6.14. The minimum atomic E-state index is 0.657. The van der Waals surface area contributed by atoms with E-state index in [9.17, 15) is 0 Å². The van der Waals surface area contributed by atoms with Gasteiger partial charge >= 0.3 is 0 Å². The molecule has 1 aliphatic rings. The fraction of sp³-hybridized carbons (Fsp3) is 0.600. The standard InChI is InChI=1S/C15H23BrN2O/c16-13-4-3-6-15(12-13)19-11-10-18-9-2-1-5-14(18)7-8-17/h3-4,6,12,14H,1-2,5,7-11,17H2. The van der Waals surface area contributed by atoms with E-state index in [0.29, 0.717) is 6.04 Å². The predicted octanol–water partition coefficient (Wildman–Crippen LogP) is 3.03. The smallest absolute Gasteiger partial charge is 0.120 e. The fourth-order valence-electron chi connectivity index (χ4n) is 2.71. The van der Waals surface area contributed by atoms with Crippen molar-refractivity contribution in [3.8, 4) is 5.75 Å². The number of rotatable bonds is 6. The summed E-state index contributed by atoms with van der Waals surface area (Å²) >= 11 is 3.46. The average Bonchev–Trinajstić information content (AvgIpc) is 2.41. The van der Waals surface area contributed by atoms with Crippen molar-refractivity contribution < 1.29 is 4.74 Å². The number of likely N-dealkylation sites (tertiary alicyclic amines) is 1. The normalized spacial score (nSPS) is 20.4. The lowest BCUT2D eigenvalue weighted by atomic mass is 9.99. The van der Waals surface area contributed by atoms with Gasteiger partial charge < -0.3 is 10.5 Å². The van der Waals surface area contributed by atoms with E-state index < -0.39 is 0 Å². The van der Waals surface area contributed by atoms with Crippen LogP contribution in [0.15, 0.2) is 28.7 Å². The molecule has 1 fully saturated rings. The zero-order valence-corrected chi connectivity index (χ0v) is 12.9. The summed E-state index contributed by atoms with van der Waals surface area (Å²) in [6.45, 7) is 3.72. The molecular formula is C15H23BrN2O. The van der Waals surface area contributed by atoms with Crippen molar-refractivity contribution in [2.24, 2.45) is 5.73 Å². The van der Waals surface area contributed by atoms with Crippen LogP contribution in [0.4, 0.5) is 0 Å². The summed E-state index contributed by atoms with van der Waals surface area (Å²) in [5.41, 5.74) is 5.69. The second-order valence-corrected chi connectivity index (χ2v) is 5.98. The Bertz CT molecular complexity index is 384. The maximum absolute atomic E-state index is 5.81. The number of hydrogen-bond donors (Lipinski definition) is 1. The lowest BCUT2D eigenvalue weighted by Gasteiger charge is -2.35. The quantitative estimate of drug-likeness (QED) is 0.873. The van der Waals surface area contributed by atoms with Crippen LogP contribution in [0.1, 0.15) is 25.7 Å². The summed E-state index contributed by atoms with van der Waals surface area (Å²) in [4.78, 5) is 2.54. The SMILES string of the molecule is NCCC1CCCCN1CCOc1cccc(Br)c1. The van der Waals surface area contributed by atoms with Crippen LogP contribution in [0, 0.1) is 0 Å². The average molecular weight is 327 g/mol. The molecule has 1 aliphatic heterocycles. The number of benzene rings is 1. The predicted molar refractivity (Wildman–Crippen MR) is 82.5 cm³/mol. The van der Waals surface area contributed by atoms with Gasteiger partial charge in [0.05, 0.1) is 0 Å². The minimum Gasteiger partial charge on any atom is -0.492 e. The Balaban J connectivity index is 1.77. The van der Waals surface area contributed by atoms with Crippen molar-refractivity contribution in [2.75, 3.05) is 26.2 Å². The van der Waals surface area contributed by atoms with E-state index in [-0.39, 0.29) is 0 Å². The molecule has 0 amide bonds. The van der Waals surface area contributed by atoms with E-state index in [1.165, 1.54) is 25.8 Å². The number of nitrogens with zero attached hydrogens (tertiary/aromatic N) is 1. The highest BCUT2D eigenvalue weighted by Gasteiger charge is 2.21. The number of ether oxygens (including phenoxy) is 1. The fourth-order valence-corrected chi connectivity index (χ4v) is 3.09. The van der Waals surface area contributed by atoms with E-state index in [1.807, 2.05) is 24.3 Å². The number of hydrogen-bond acceptors (Lipinski definition) is 3. The molecule has 2 rings (SSSR count). The zero-order valence-electron chi connectivity index (χ0n) is 11.4. The Morgan fingerprint density at radius 2 is 2.26 bits per heavy atom. The molecule has 1 heterocycles. The number of piperidine rings is 1. The van der Waals surface area contributed by atoms with Crippen LogP contribution >= 0.6 is 15.9 Å². The summed E-state index contributed by atoms with van der Waals surface area (Å²) in [5.74, 6) is 0.932. The summed E-state index contributed by atoms with van der Waals surface area (Å²) in [5, 5.41) is 0. The Hall–Kier alpha value is -0.580. The minimum absolute atomic E-state index is 0.657. The van der Waals surface area contributed by atoms with Gasteiger partial charge in [-0.3, -0.25) is 4.90 Å². The van der Waals surface area contributed by atoms with Crippen LogP contribution in [-0.2, 0) is 0 Å². The van der Waals surface area contributed by atoms with Crippen molar-refractivity contribution in [1.29, 1.82) is 0 Å². The van der Waals surface area contributed by atoms with E-state index in [0.717, 1.165) is 36.3 Å². The van der Waals surface area contributed by atoms with Gasteiger partial charge in [0.1, 0.15) is 12.4 Å². The summed E-state index contributed by atoms with van der Waals surface area (Å²) in [7, 11) is 0. The van der Waals surface area contributed by atoms with Crippen molar-refractivity contribution in [1.82, 2.24) is 4.90 Å². The van der Waals surface area contributed by atoms with Gasteiger partial charge in [-0.25, -0.2) is 0 Å². The van der Waals surface area contributed by atoms with E-state index >= 15 is 0 Å². The molecule has 1 saturated heterocycles. The topological polar surface area (TPSA) is 38.5 Å². The molecule has 0 saturated carbocycles. The first kappa shape index (κ1) is 14.8. The molecule has 3 nitrogen and oxygen atoms in total. The lowest BCUT2D eigenvalue weighted by Crippen LogP contribution is -2.42. The van der Waals surface area contributed by atoms with Crippen LogP contribution in [0.5, 0.6) is 5.75 Å². The first-order chi connectivity index (χ1) is 9.29. The van der Waals surface area contributed by atoms with E-state index in [2.05, 4.69) is 20.8 Å². The first-order valence-corrected chi connectivity index (χ1v) is 7.91. The second-order valence-electron chi connectivity index (χ2n) is 5.07. The van der Waals surface area contributed by atoms with Crippen molar-refractivity contribution in [2.45, 2.75) is 31.7 Å². The zero-order chi connectivity index (χ0) is 13.5. The van der Waals surface area contributed by atoms with Crippen molar-refractivity contribution >= 4 is 15.9 Å². The van der Waals surface area contributed by atoms with Gasteiger partial charge in [-0.2, -0.15) is 0 Å². The maximum atomic E-state index is 5.81. The largest absolute Gasteiger partial charge is 0.492 e. The first-order valence-electron chi connectivity index (χ1n) is 7.12. The molecule has 106 valence electrons. The molecule has 4 heteroatoms. The van der Waals surface area contributed by atoms with Gasteiger partial charge in [0.15, 0.2) is 0 Å². The van der Waals surface area contributed by atoms with Gasteiger partial charge in [0.25, 0.3) is 0 Å². The summed E-state index contributed by atoms with van der Waals surface area (Å²) in [6.07, 6.45) is 5.04. The van der Waals surface area contributed by atoms with Crippen LogP contribution in [0.25, 0.3) is 0 Å². The maximum Gasteiger partial charge on any atom is 0.120 e. The molecule has 19 heavy (non-hydrogen) atoms. The third kappa shape index (κ3) is 4.79. The Labute approximate surface area is 124 Å². The monoisotopic (exact) mass is 326 g/mol. The highest BCUT2D eigenvalue weighted by atomic mass is 79.9. The van der Waals surface area contributed by atoms with E-state index in [4.69, 9.17) is 10.5 Å². The van der Waals surface area contributed by atoms with Crippen LogP contribution < -0.4 is 10.5 Å². The van der Waals surface area contributed by atoms with Gasteiger partial charge in [0.2, 0.25) is 0 Å². The molecule has 1 atom stereocenters. The van der Waals surface area contributed by atoms with Gasteiger partial charge in [-0.05, 0) is 50.6 Å². The highest BCUT2D eigenvalue weighted by molar-refractivity contribution is 9.10. The summed E-state index contributed by atoms with van der Waals surface area (Å²) < 4.78 is 6.87. The van der Waals surface area contributed by atoms with E-state index in [1.54, 1.807) is 0 Å². The van der Waals surface area contributed by atoms with Crippen LogP contribution in [0.2, 0.25) is 0 Å². The van der Waals surface area contributed by atoms with Crippen molar-refractivity contribution in [3.05, 3.63) is 28.7 Å². The lowest BCUT2D eigenvalue weighted by molar-refractivity contribution is 0.118. The third-order valence-electron chi connectivity index (χ3n) is 3.69. The Morgan fingerprint density at radius 3 is 3.05 bits per heavy atom. The highest BCUT2D eigenvalue weighted by Crippen LogP contribution is 2.20. The molecule has 1 aromatic carbocycles. The Morgan fingerprint density at radius 1 is 1.37 bits per heavy atom. The molecule has 0 spiro atoms. The molecule has 0 aliphatic carbocycles. The summed E-state index contributed by atoms with van der Waals surface area (Å²) in [6, 6.07) is 8.67. The number of halogens is 1. The molecule has 1 unspecified atom stereocenters.